The summed E-state index contributed by atoms with van der Waals surface area (Å²) in [5.41, 5.74) is 0.0796. The highest BCUT2D eigenvalue weighted by atomic mass is 79.9. The van der Waals surface area contributed by atoms with Crippen LogP contribution in [0.5, 0.6) is 0 Å². The van der Waals surface area contributed by atoms with E-state index in [0.29, 0.717) is 16.1 Å². The molecule has 134 valence electrons. The minimum atomic E-state index is -0.646. The van der Waals surface area contributed by atoms with Crippen LogP contribution in [0.3, 0.4) is 0 Å². The van der Waals surface area contributed by atoms with Gasteiger partial charge in [0.15, 0.2) is 5.82 Å². The maximum atomic E-state index is 13.8. The fraction of sp³-hybridized carbons (Fsp3) is 0.312. The van der Waals surface area contributed by atoms with E-state index in [0.717, 1.165) is 0 Å². The lowest BCUT2D eigenvalue weighted by atomic mass is 10.2. The number of halogens is 2. The summed E-state index contributed by atoms with van der Waals surface area (Å²) in [4.78, 5) is 25.8. The first-order valence-electron chi connectivity index (χ1n) is 7.45. The monoisotopic (exact) mass is 412 g/mol. The number of rotatable bonds is 6. The number of benzene rings is 1. The molecule has 1 unspecified atom stereocenters. The number of carbonyl (C=O) groups is 2. The largest absolute Gasteiger partial charge is 0.360 e. The van der Waals surface area contributed by atoms with Crippen LogP contribution >= 0.6 is 15.9 Å². The average Bonchev–Trinajstić information content (AvgIpc) is 2.93. The summed E-state index contributed by atoms with van der Waals surface area (Å²) in [6, 6.07) is 5.29. The van der Waals surface area contributed by atoms with Crippen LogP contribution < -0.4 is 10.6 Å². The van der Waals surface area contributed by atoms with E-state index in [-0.39, 0.29) is 18.1 Å². The topological polar surface area (TPSA) is 87.5 Å². The van der Waals surface area contributed by atoms with Gasteiger partial charge < -0.3 is 15.2 Å². The number of likely N-dealkylation sites (N-methyl/N-ethyl adjacent to an activating group) is 1. The van der Waals surface area contributed by atoms with E-state index in [4.69, 9.17) is 4.52 Å². The summed E-state index contributed by atoms with van der Waals surface area (Å²) in [7, 11) is 1.62. The second-order valence-corrected chi connectivity index (χ2v) is 6.49. The molecule has 2 N–H and O–H groups in total. The molecule has 0 aliphatic rings. The minimum absolute atomic E-state index is 0.0384. The van der Waals surface area contributed by atoms with Crippen LogP contribution in [0.25, 0.3) is 0 Å². The van der Waals surface area contributed by atoms with Crippen molar-refractivity contribution in [1.29, 1.82) is 0 Å². The Morgan fingerprint density at radius 3 is 2.68 bits per heavy atom. The molecule has 2 rings (SSSR count). The highest BCUT2D eigenvalue weighted by Gasteiger charge is 2.21. The molecular weight excluding hydrogens is 395 g/mol. The van der Waals surface area contributed by atoms with Gasteiger partial charge in [-0.1, -0.05) is 21.1 Å². The van der Waals surface area contributed by atoms with Crippen LogP contribution in [0, 0.1) is 12.7 Å². The Hall–Kier alpha value is -2.26. The SMILES string of the molecule is Cc1cc(NC(=O)CN(C)C(C)C(=O)Nc2ccc(Br)cc2F)no1. The van der Waals surface area contributed by atoms with E-state index in [1.165, 1.54) is 17.0 Å². The fourth-order valence-electron chi connectivity index (χ4n) is 2.00. The summed E-state index contributed by atoms with van der Waals surface area (Å²) in [6.07, 6.45) is 0. The lowest BCUT2D eigenvalue weighted by Crippen LogP contribution is -2.43. The molecule has 9 heteroatoms. The van der Waals surface area contributed by atoms with Gasteiger partial charge in [0.1, 0.15) is 11.6 Å². The van der Waals surface area contributed by atoms with Crippen molar-refractivity contribution in [2.45, 2.75) is 19.9 Å². The van der Waals surface area contributed by atoms with Crippen LogP contribution in [-0.4, -0.2) is 41.5 Å². The lowest BCUT2D eigenvalue weighted by Gasteiger charge is -2.23. The molecule has 0 saturated carbocycles. The Bertz CT molecular complexity index is 780. The maximum absolute atomic E-state index is 13.8. The van der Waals surface area contributed by atoms with Gasteiger partial charge in [-0.15, -0.1) is 0 Å². The number of nitrogens with zero attached hydrogens (tertiary/aromatic N) is 2. The molecule has 7 nitrogen and oxygen atoms in total. The number of aryl methyl sites for hydroxylation is 1. The van der Waals surface area contributed by atoms with E-state index >= 15 is 0 Å². The van der Waals surface area contributed by atoms with Gasteiger partial charge in [-0.3, -0.25) is 14.5 Å². The number of hydrogen-bond acceptors (Lipinski definition) is 5. The Labute approximate surface area is 152 Å². The van der Waals surface area contributed by atoms with Crippen LogP contribution in [0.1, 0.15) is 12.7 Å². The number of amides is 2. The predicted octanol–water partition coefficient (Wildman–Crippen LogP) is 2.78. The molecule has 2 aromatic rings. The number of nitrogens with one attached hydrogen (secondary N) is 2. The van der Waals surface area contributed by atoms with Crippen molar-refractivity contribution in [2.75, 3.05) is 24.2 Å². The number of hydrogen-bond donors (Lipinski definition) is 2. The Morgan fingerprint density at radius 1 is 1.36 bits per heavy atom. The molecule has 0 saturated heterocycles. The van der Waals surface area contributed by atoms with Gasteiger partial charge in [0.25, 0.3) is 0 Å². The van der Waals surface area contributed by atoms with Crippen molar-refractivity contribution in [1.82, 2.24) is 10.1 Å². The highest BCUT2D eigenvalue weighted by molar-refractivity contribution is 9.10. The van der Waals surface area contributed by atoms with Gasteiger partial charge in [0, 0.05) is 10.5 Å². The van der Waals surface area contributed by atoms with Crippen molar-refractivity contribution in [3.8, 4) is 0 Å². The smallest absolute Gasteiger partial charge is 0.241 e. The molecular formula is C16H18BrFN4O3. The van der Waals surface area contributed by atoms with Crippen molar-refractivity contribution in [3.63, 3.8) is 0 Å². The third kappa shape index (κ3) is 5.36. The Morgan fingerprint density at radius 2 is 2.08 bits per heavy atom. The quantitative estimate of drug-likeness (QED) is 0.761. The van der Waals surface area contributed by atoms with Gasteiger partial charge in [0.05, 0.1) is 18.3 Å². The molecule has 0 aliphatic carbocycles. The molecule has 1 atom stereocenters. The molecule has 25 heavy (non-hydrogen) atoms. The molecule has 1 heterocycles. The van der Waals surface area contributed by atoms with E-state index < -0.39 is 17.8 Å². The summed E-state index contributed by atoms with van der Waals surface area (Å²) >= 11 is 3.15. The fourth-order valence-corrected chi connectivity index (χ4v) is 2.33. The molecule has 1 aromatic heterocycles. The summed E-state index contributed by atoms with van der Waals surface area (Å²) in [5.74, 6) is -0.423. The molecule has 0 bridgehead atoms. The molecule has 1 aromatic carbocycles. The van der Waals surface area contributed by atoms with Crippen molar-refractivity contribution >= 4 is 39.2 Å². The zero-order valence-corrected chi connectivity index (χ0v) is 15.6. The second-order valence-electron chi connectivity index (χ2n) is 5.58. The summed E-state index contributed by atoms with van der Waals surface area (Å²) < 4.78 is 19.2. The van der Waals surface area contributed by atoms with E-state index in [2.05, 4.69) is 31.7 Å². The van der Waals surface area contributed by atoms with Gasteiger partial charge in [-0.25, -0.2) is 4.39 Å². The zero-order valence-electron chi connectivity index (χ0n) is 14.0. The zero-order chi connectivity index (χ0) is 18.6. The second kappa shape index (κ2) is 8.21. The van der Waals surface area contributed by atoms with Crippen LogP contribution in [0.15, 0.2) is 33.3 Å². The summed E-state index contributed by atoms with van der Waals surface area (Å²) in [6.45, 7) is 3.30. The normalized spacial score (nSPS) is 12.1. The lowest BCUT2D eigenvalue weighted by molar-refractivity contribution is -0.122. The van der Waals surface area contributed by atoms with Gasteiger partial charge in [0.2, 0.25) is 11.8 Å². The predicted molar refractivity (Wildman–Crippen MR) is 94.7 cm³/mol. The van der Waals surface area contributed by atoms with E-state index in [1.807, 2.05) is 0 Å². The average molecular weight is 413 g/mol. The summed E-state index contributed by atoms with van der Waals surface area (Å²) in [5, 5.41) is 8.74. The number of carbonyl (C=O) groups excluding carboxylic acids is 2. The van der Waals surface area contributed by atoms with Crippen LogP contribution in [0.2, 0.25) is 0 Å². The van der Waals surface area contributed by atoms with Crippen molar-refractivity contribution < 1.29 is 18.5 Å². The van der Waals surface area contributed by atoms with E-state index in [9.17, 15) is 14.0 Å². The minimum Gasteiger partial charge on any atom is -0.360 e. The van der Waals surface area contributed by atoms with E-state index in [1.54, 1.807) is 33.0 Å². The van der Waals surface area contributed by atoms with Crippen LogP contribution in [-0.2, 0) is 9.59 Å². The first-order valence-corrected chi connectivity index (χ1v) is 8.25. The standard InChI is InChI=1S/C16H18BrFN4O3/c1-9-6-14(21-25-9)20-15(23)8-22(3)10(2)16(24)19-13-5-4-11(17)7-12(13)18/h4-7,10H,8H2,1-3H3,(H,19,24)(H,20,21,23). The van der Waals surface area contributed by atoms with Gasteiger partial charge in [-0.05, 0) is 39.1 Å². The molecule has 0 fully saturated rings. The third-order valence-corrected chi connectivity index (χ3v) is 4.01. The van der Waals surface area contributed by atoms with Gasteiger partial charge >= 0.3 is 0 Å². The number of aromatic nitrogens is 1. The van der Waals surface area contributed by atoms with Crippen molar-refractivity contribution in [2.24, 2.45) is 0 Å². The first-order chi connectivity index (χ1) is 11.8. The Kier molecular flexibility index (Phi) is 6.27. The first kappa shape index (κ1) is 19.1. The molecule has 0 spiro atoms. The van der Waals surface area contributed by atoms with Crippen LogP contribution in [0.4, 0.5) is 15.9 Å². The van der Waals surface area contributed by atoms with Crippen molar-refractivity contribution in [3.05, 3.63) is 40.3 Å². The highest BCUT2D eigenvalue weighted by Crippen LogP contribution is 2.19. The maximum Gasteiger partial charge on any atom is 0.241 e. The molecule has 0 radical (unpaired) electrons. The molecule has 0 aliphatic heterocycles. The number of anilines is 2. The van der Waals surface area contributed by atoms with Gasteiger partial charge in [-0.2, -0.15) is 0 Å². The molecule has 2 amide bonds. The third-order valence-electron chi connectivity index (χ3n) is 3.52. The Balaban J connectivity index is 1.90.